The van der Waals surface area contributed by atoms with Crippen molar-refractivity contribution in [3.05, 3.63) is 65.2 Å². The first-order chi connectivity index (χ1) is 13.0. The number of benzene rings is 2. The van der Waals surface area contributed by atoms with E-state index in [9.17, 15) is 13.2 Å². The first-order valence-electron chi connectivity index (χ1n) is 9.05. The Kier molecular flexibility index (Phi) is 6.26. The largest absolute Gasteiger partial charge is 0.275 e. The van der Waals surface area contributed by atoms with E-state index in [-0.39, 0.29) is 11.5 Å². The zero-order chi connectivity index (χ0) is 19.3. The monoisotopic (exact) mass is 388 g/mol. The fraction of sp³-hybridized carbons (Fsp3) is 0.350. The molecule has 0 spiro atoms. The van der Waals surface area contributed by atoms with Crippen LogP contribution in [0.4, 0.5) is 0 Å². The Hall–Kier alpha value is -2.22. The molecule has 0 saturated carbocycles. The predicted octanol–water partition coefficient (Wildman–Crippen LogP) is 3.03. The van der Waals surface area contributed by atoms with Gasteiger partial charge in [0.2, 0.25) is 10.0 Å². The van der Waals surface area contributed by atoms with Gasteiger partial charge < -0.3 is 0 Å². The average Bonchev–Trinajstić information content (AvgIpc) is 2.69. The van der Waals surface area contributed by atoms with E-state index in [0.29, 0.717) is 24.2 Å². The lowest BCUT2D eigenvalue weighted by Gasteiger charge is -2.26. The molecule has 2 aromatic carbocycles. The quantitative estimate of drug-likeness (QED) is 0.772. The van der Waals surface area contributed by atoms with E-state index in [1.807, 2.05) is 30.3 Å². The van der Waals surface area contributed by atoms with Crippen LogP contribution in [-0.2, 0) is 21.5 Å². The van der Waals surface area contributed by atoms with Crippen molar-refractivity contribution >= 4 is 15.9 Å². The number of hydrogen-bond donors (Lipinski definition) is 1. The molecule has 1 heterocycles. The van der Waals surface area contributed by atoms with Gasteiger partial charge in [-0.3, -0.25) is 9.63 Å². The van der Waals surface area contributed by atoms with Crippen molar-refractivity contribution in [1.29, 1.82) is 0 Å². The Bertz CT molecular complexity index is 891. The van der Waals surface area contributed by atoms with Crippen molar-refractivity contribution in [2.24, 2.45) is 0 Å². The molecule has 1 saturated heterocycles. The Labute approximate surface area is 160 Å². The van der Waals surface area contributed by atoms with Crippen LogP contribution in [0.15, 0.2) is 53.4 Å². The van der Waals surface area contributed by atoms with E-state index in [4.69, 9.17) is 4.84 Å². The molecule has 0 aliphatic carbocycles. The number of amides is 1. The average molecular weight is 388 g/mol. The van der Waals surface area contributed by atoms with E-state index < -0.39 is 15.9 Å². The van der Waals surface area contributed by atoms with Crippen LogP contribution in [0.3, 0.4) is 0 Å². The van der Waals surface area contributed by atoms with E-state index in [1.54, 1.807) is 19.1 Å². The number of hydrogen-bond acceptors (Lipinski definition) is 4. The molecule has 2 aromatic rings. The Morgan fingerprint density at radius 3 is 2.48 bits per heavy atom. The zero-order valence-corrected chi connectivity index (χ0v) is 16.2. The summed E-state index contributed by atoms with van der Waals surface area (Å²) in [6.07, 6.45) is 2.78. The number of rotatable bonds is 6. The molecular formula is C20H24N2O4S. The molecule has 0 bridgehead atoms. The summed E-state index contributed by atoms with van der Waals surface area (Å²) >= 11 is 0. The molecule has 0 aromatic heterocycles. The van der Waals surface area contributed by atoms with Crippen molar-refractivity contribution in [2.45, 2.75) is 37.7 Å². The topological polar surface area (TPSA) is 75.7 Å². The molecule has 27 heavy (non-hydrogen) atoms. The van der Waals surface area contributed by atoms with Crippen LogP contribution in [0.5, 0.6) is 0 Å². The van der Waals surface area contributed by atoms with Crippen LogP contribution in [-0.4, -0.2) is 31.7 Å². The third kappa shape index (κ3) is 4.74. The smallest absolute Gasteiger partial charge is 0.269 e. The van der Waals surface area contributed by atoms with E-state index >= 15 is 0 Å². The third-order valence-corrected chi connectivity index (χ3v) is 6.55. The summed E-state index contributed by atoms with van der Waals surface area (Å²) in [5.41, 5.74) is 4.31. The second-order valence-corrected chi connectivity index (χ2v) is 8.58. The lowest BCUT2D eigenvalue weighted by Crippen LogP contribution is -2.35. The Balaban J connectivity index is 1.71. The van der Waals surface area contributed by atoms with Crippen LogP contribution < -0.4 is 5.48 Å². The van der Waals surface area contributed by atoms with Gasteiger partial charge in [-0.2, -0.15) is 4.31 Å². The second-order valence-electron chi connectivity index (χ2n) is 6.65. The number of aryl methyl sites for hydroxylation is 1. The van der Waals surface area contributed by atoms with E-state index in [2.05, 4.69) is 5.48 Å². The minimum absolute atomic E-state index is 0.142. The lowest BCUT2D eigenvalue weighted by molar-refractivity contribution is 0.0233. The van der Waals surface area contributed by atoms with Crippen molar-refractivity contribution in [1.82, 2.24) is 9.79 Å². The van der Waals surface area contributed by atoms with Crippen LogP contribution in [0.25, 0.3) is 0 Å². The van der Waals surface area contributed by atoms with Crippen LogP contribution in [0, 0.1) is 6.92 Å². The lowest BCUT2D eigenvalue weighted by atomic mass is 10.1. The molecule has 0 unspecified atom stereocenters. The third-order valence-electron chi connectivity index (χ3n) is 4.65. The number of piperidine rings is 1. The molecule has 0 radical (unpaired) electrons. The molecule has 1 fully saturated rings. The van der Waals surface area contributed by atoms with Gasteiger partial charge in [0.15, 0.2) is 0 Å². The van der Waals surface area contributed by atoms with Gasteiger partial charge in [0.1, 0.15) is 0 Å². The molecule has 6 nitrogen and oxygen atoms in total. The number of sulfonamides is 1. The molecule has 7 heteroatoms. The van der Waals surface area contributed by atoms with Gasteiger partial charge in [-0.1, -0.05) is 42.8 Å². The highest BCUT2D eigenvalue weighted by atomic mass is 32.2. The van der Waals surface area contributed by atoms with Crippen molar-refractivity contribution in [2.75, 3.05) is 13.1 Å². The van der Waals surface area contributed by atoms with E-state index in [1.165, 1.54) is 10.4 Å². The maximum Gasteiger partial charge on any atom is 0.275 e. The summed E-state index contributed by atoms with van der Waals surface area (Å²) in [6.45, 7) is 3.05. The zero-order valence-electron chi connectivity index (χ0n) is 15.3. The van der Waals surface area contributed by atoms with Crippen LogP contribution in [0.1, 0.15) is 40.7 Å². The highest BCUT2D eigenvalue weighted by Crippen LogP contribution is 2.22. The SMILES string of the molecule is Cc1ccc(S(=O)(=O)N2CCCCC2)cc1C(=O)NOCc1ccccc1. The van der Waals surface area contributed by atoms with Gasteiger partial charge in [-0.05, 0) is 43.0 Å². The Morgan fingerprint density at radius 1 is 1.07 bits per heavy atom. The molecular weight excluding hydrogens is 364 g/mol. The number of nitrogens with one attached hydrogen (secondary N) is 1. The molecule has 144 valence electrons. The van der Waals surface area contributed by atoms with Crippen molar-refractivity contribution in [3.63, 3.8) is 0 Å². The van der Waals surface area contributed by atoms with Crippen LogP contribution >= 0.6 is 0 Å². The van der Waals surface area contributed by atoms with Crippen molar-refractivity contribution in [3.8, 4) is 0 Å². The van der Waals surface area contributed by atoms with E-state index in [0.717, 1.165) is 24.8 Å². The summed E-state index contributed by atoms with van der Waals surface area (Å²) in [4.78, 5) is 17.9. The predicted molar refractivity (Wildman–Crippen MR) is 102 cm³/mol. The normalized spacial score (nSPS) is 15.4. The Morgan fingerprint density at radius 2 is 1.78 bits per heavy atom. The minimum atomic E-state index is -3.59. The van der Waals surface area contributed by atoms with Gasteiger partial charge in [-0.25, -0.2) is 13.9 Å². The standard InChI is InChI=1S/C20H24N2O4S/c1-16-10-11-18(27(24,25)22-12-6-3-7-13-22)14-19(16)20(23)21-26-15-17-8-4-2-5-9-17/h2,4-5,8-11,14H,3,6-7,12-13,15H2,1H3,(H,21,23). The number of carbonyl (C=O) groups excluding carboxylic acids is 1. The maximum atomic E-state index is 12.8. The fourth-order valence-corrected chi connectivity index (χ4v) is 4.62. The molecule has 1 amide bonds. The number of carbonyl (C=O) groups is 1. The van der Waals surface area contributed by atoms with Crippen molar-refractivity contribution < 1.29 is 18.0 Å². The second kappa shape index (κ2) is 8.65. The highest BCUT2D eigenvalue weighted by Gasteiger charge is 2.27. The number of hydroxylamine groups is 1. The summed E-state index contributed by atoms with van der Waals surface area (Å²) in [5.74, 6) is -0.459. The molecule has 1 N–H and O–H groups in total. The first kappa shape index (κ1) is 19.5. The summed E-state index contributed by atoms with van der Waals surface area (Å²) in [6, 6.07) is 14.1. The molecule has 1 aliphatic heterocycles. The minimum Gasteiger partial charge on any atom is -0.269 e. The summed E-state index contributed by atoms with van der Waals surface area (Å²) in [7, 11) is -3.59. The van der Waals surface area contributed by atoms with Gasteiger partial charge >= 0.3 is 0 Å². The molecule has 0 atom stereocenters. The first-order valence-corrected chi connectivity index (χ1v) is 10.5. The highest BCUT2D eigenvalue weighted by molar-refractivity contribution is 7.89. The van der Waals surface area contributed by atoms with Gasteiger partial charge in [-0.15, -0.1) is 0 Å². The maximum absolute atomic E-state index is 12.8. The summed E-state index contributed by atoms with van der Waals surface area (Å²) < 4.78 is 27.2. The summed E-state index contributed by atoms with van der Waals surface area (Å²) in [5, 5.41) is 0. The van der Waals surface area contributed by atoms with Gasteiger partial charge in [0.25, 0.3) is 5.91 Å². The van der Waals surface area contributed by atoms with Gasteiger partial charge in [0, 0.05) is 18.7 Å². The van der Waals surface area contributed by atoms with Crippen LogP contribution in [0.2, 0.25) is 0 Å². The fourth-order valence-electron chi connectivity index (χ4n) is 3.07. The molecule has 3 rings (SSSR count). The molecule has 1 aliphatic rings. The number of nitrogens with zero attached hydrogens (tertiary/aromatic N) is 1. The van der Waals surface area contributed by atoms with Gasteiger partial charge in [0.05, 0.1) is 11.5 Å².